The molecule has 2 aliphatic heterocycles. The van der Waals surface area contributed by atoms with Gasteiger partial charge < -0.3 is 15.6 Å². The van der Waals surface area contributed by atoms with Crippen molar-refractivity contribution in [2.24, 2.45) is 11.7 Å². The summed E-state index contributed by atoms with van der Waals surface area (Å²) in [6.45, 7) is 6.83. The number of likely N-dealkylation sites (tertiary alicyclic amines) is 2. The molecule has 0 bridgehead atoms. The molecule has 2 fully saturated rings. The van der Waals surface area contributed by atoms with Crippen molar-refractivity contribution in [2.45, 2.75) is 45.2 Å². The van der Waals surface area contributed by atoms with E-state index in [1.807, 2.05) is 0 Å². The normalized spacial score (nSPS) is 22.5. The van der Waals surface area contributed by atoms with Crippen LogP contribution < -0.4 is 5.73 Å². The highest BCUT2D eigenvalue weighted by Gasteiger charge is 2.38. The number of aromatic nitrogens is 1. The minimum absolute atomic E-state index is 0. The summed E-state index contributed by atoms with van der Waals surface area (Å²) in [5, 5.41) is 1.33. The topological polar surface area (TPSA) is 65.4 Å². The number of benzene rings is 1. The molecule has 0 spiro atoms. The summed E-state index contributed by atoms with van der Waals surface area (Å²) in [6.07, 6.45) is 3.73. The van der Waals surface area contributed by atoms with Crippen LogP contribution in [0.3, 0.4) is 0 Å². The number of nitrogens with two attached hydrogens (primary N) is 1. The Labute approximate surface area is 179 Å². The van der Waals surface area contributed by atoms with Crippen LogP contribution in [0.25, 0.3) is 10.9 Å². The van der Waals surface area contributed by atoms with Crippen molar-refractivity contribution in [1.29, 1.82) is 0 Å². The van der Waals surface area contributed by atoms with Crippen LogP contribution in [0.5, 0.6) is 0 Å². The molecule has 1 aromatic heterocycles. The van der Waals surface area contributed by atoms with Crippen LogP contribution in [0.4, 0.5) is 0 Å². The standard InChI is InChI=1S/C21H30N4O.2ClH/c1-15-17-5-2-3-6-18(17)23-19(15)14-24-12-9-20-16(13-24)7-8-21(26)25(20)11-4-10-22;;/h2-3,5-6,16,20,23H,4,7-14,22H2,1H3;2*1H/t16-,20+;;/m0../s1. The van der Waals surface area contributed by atoms with Gasteiger partial charge in [-0.15, -0.1) is 24.8 Å². The molecule has 0 saturated carbocycles. The number of nitrogens with one attached hydrogen (secondary N) is 1. The number of carbonyl (C=O) groups is 1. The van der Waals surface area contributed by atoms with E-state index in [1.54, 1.807) is 0 Å². The summed E-state index contributed by atoms with van der Waals surface area (Å²) in [6, 6.07) is 8.96. The molecule has 2 aliphatic rings. The van der Waals surface area contributed by atoms with Crippen molar-refractivity contribution in [3.63, 3.8) is 0 Å². The zero-order valence-corrected chi connectivity index (χ0v) is 18.2. The highest BCUT2D eigenvalue weighted by molar-refractivity contribution is 5.86. The van der Waals surface area contributed by atoms with Crippen molar-refractivity contribution < 1.29 is 4.79 Å². The zero-order chi connectivity index (χ0) is 18.1. The Balaban J connectivity index is 0.00000140. The average Bonchev–Trinajstić information content (AvgIpc) is 2.97. The monoisotopic (exact) mass is 426 g/mol. The van der Waals surface area contributed by atoms with E-state index in [-0.39, 0.29) is 24.8 Å². The van der Waals surface area contributed by atoms with E-state index in [9.17, 15) is 4.79 Å². The summed E-state index contributed by atoms with van der Waals surface area (Å²) >= 11 is 0. The molecule has 3 N–H and O–H groups in total. The van der Waals surface area contributed by atoms with E-state index < -0.39 is 0 Å². The largest absolute Gasteiger partial charge is 0.357 e. The Morgan fingerprint density at radius 2 is 2.00 bits per heavy atom. The molecule has 2 aromatic rings. The number of fused-ring (bicyclic) bond motifs is 2. The molecule has 2 saturated heterocycles. The molecule has 0 aliphatic carbocycles. The van der Waals surface area contributed by atoms with E-state index >= 15 is 0 Å². The van der Waals surface area contributed by atoms with Gasteiger partial charge >= 0.3 is 0 Å². The van der Waals surface area contributed by atoms with Crippen molar-refractivity contribution in [3.8, 4) is 0 Å². The molecule has 7 heteroatoms. The van der Waals surface area contributed by atoms with Crippen LogP contribution in [0.1, 0.15) is 36.9 Å². The Kier molecular flexibility index (Phi) is 8.19. The first kappa shape index (κ1) is 23.0. The number of H-pyrrole nitrogens is 1. The zero-order valence-electron chi connectivity index (χ0n) is 16.5. The van der Waals surface area contributed by atoms with Crippen molar-refractivity contribution >= 4 is 41.6 Å². The van der Waals surface area contributed by atoms with Crippen LogP contribution >= 0.6 is 24.8 Å². The molecular formula is C21H32Cl2N4O. The Hall–Kier alpha value is -1.27. The molecule has 3 heterocycles. The number of nitrogens with zero attached hydrogens (tertiary/aromatic N) is 2. The number of aryl methyl sites for hydroxylation is 1. The average molecular weight is 427 g/mol. The fraction of sp³-hybridized carbons (Fsp3) is 0.571. The smallest absolute Gasteiger partial charge is 0.222 e. The third kappa shape index (κ3) is 4.48. The van der Waals surface area contributed by atoms with Gasteiger partial charge in [0.05, 0.1) is 0 Å². The van der Waals surface area contributed by atoms with Gasteiger partial charge in [-0.25, -0.2) is 0 Å². The van der Waals surface area contributed by atoms with Crippen LogP contribution in [0.15, 0.2) is 24.3 Å². The highest BCUT2D eigenvalue weighted by atomic mass is 35.5. The molecule has 0 unspecified atom stereocenters. The Morgan fingerprint density at radius 1 is 1.21 bits per heavy atom. The first-order chi connectivity index (χ1) is 12.7. The quantitative estimate of drug-likeness (QED) is 0.768. The molecule has 28 heavy (non-hydrogen) atoms. The Bertz CT molecular complexity index is 794. The van der Waals surface area contributed by atoms with Gasteiger partial charge in [0.1, 0.15) is 0 Å². The lowest BCUT2D eigenvalue weighted by molar-refractivity contribution is -0.141. The second kappa shape index (κ2) is 9.97. The number of halogens is 2. The van der Waals surface area contributed by atoms with Gasteiger partial charge in [0.2, 0.25) is 5.91 Å². The van der Waals surface area contributed by atoms with E-state index in [2.05, 4.69) is 46.0 Å². The first-order valence-corrected chi connectivity index (χ1v) is 9.95. The van der Waals surface area contributed by atoms with E-state index in [0.717, 1.165) is 45.4 Å². The number of rotatable bonds is 5. The lowest BCUT2D eigenvalue weighted by Crippen LogP contribution is -2.56. The summed E-state index contributed by atoms with van der Waals surface area (Å²) < 4.78 is 0. The first-order valence-electron chi connectivity index (χ1n) is 9.95. The maximum atomic E-state index is 12.3. The fourth-order valence-electron chi connectivity index (χ4n) is 4.84. The maximum Gasteiger partial charge on any atom is 0.222 e. The van der Waals surface area contributed by atoms with Gasteiger partial charge in [0, 0.05) is 55.2 Å². The van der Waals surface area contributed by atoms with Crippen LogP contribution in [-0.4, -0.2) is 52.9 Å². The number of para-hydroxylation sites is 1. The molecule has 1 amide bonds. The van der Waals surface area contributed by atoms with Crippen LogP contribution in [-0.2, 0) is 11.3 Å². The van der Waals surface area contributed by atoms with Crippen molar-refractivity contribution in [3.05, 3.63) is 35.5 Å². The third-order valence-corrected chi connectivity index (χ3v) is 6.28. The summed E-state index contributed by atoms with van der Waals surface area (Å²) in [5.41, 5.74) is 9.59. The van der Waals surface area contributed by atoms with E-state index in [4.69, 9.17) is 5.73 Å². The lowest BCUT2D eigenvalue weighted by atomic mass is 9.83. The maximum absolute atomic E-state index is 12.3. The number of amides is 1. The van der Waals surface area contributed by atoms with Gasteiger partial charge in [-0.2, -0.15) is 0 Å². The minimum atomic E-state index is 0. The Morgan fingerprint density at radius 3 is 2.75 bits per heavy atom. The molecule has 1 aromatic carbocycles. The summed E-state index contributed by atoms with van der Waals surface area (Å²) in [4.78, 5) is 20.6. The number of aromatic amines is 1. The van der Waals surface area contributed by atoms with E-state index in [0.29, 0.717) is 30.8 Å². The molecular weight excluding hydrogens is 395 g/mol. The summed E-state index contributed by atoms with van der Waals surface area (Å²) in [5.74, 6) is 0.934. The molecule has 0 radical (unpaired) electrons. The second-order valence-corrected chi connectivity index (χ2v) is 7.89. The minimum Gasteiger partial charge on any atom is -0.357 e. The van der Waals surface area contributed by atoms with Gasteiger partial charge in [0.25, 0.3) is 0 Å². The lowest BCUT2D eigenvalue weighted by Gasteiger charge is -2.47. The van der Waals surface area contributed by atoms with Gasteiger partial charge in [-0.05, 0) is 50.3 Å². The van der Waals surface area contributed by atoms with Gasteiger partial charge in [-0.3, -0.25) is 9.69 Å². The molecule has 2 atom stereocenters. The molecule has 4 rings (SSSR count). The number of carbonyl (C=O) groups excluding carboxylic acids is 1. The molecule has 156 valence electrons. The van der Waals surface area contributed by atoms with Gasteiger partial charge in [-0.1, -0.05) is 18.2 Å². The third-order valence-electron chi connectivity index (χ3n) is 6.28. The number of hydrogen-bond donors (Lipinski definition) is 2. The highest BCUT2D eigenvalue weighted by Crippen LogP contribution is 2.32. The molecule has 5 nitrogen and oxygen atoms in total. The van der Waals surface area contributed by atoms with Crippen LogP contribution in [0, 0.1) is 12.8 Å². The van der Waals surface area contributed by atoms with Crippen molar-refractivity contribution in [1.82, 2.24) is 14.8 Å². The predicted molar refractivity (Wildman–Crippen MR) is 119 cm³/mol. The second-order valence-electron chi connectivity index (χ2n) is 7.89. The van der Waals surface area contributed by atoms with Gasteiger partial charge in [0.15, 0.2) is 0 Å². The number of hydrogen-bond acceptors (Lipinski definition) is 3. The SMILES string of the molecule is Cc1c(CN2CC[C@@H]3[C@@H](CCC(=O)N3CCCN)C2)[nH]c2ccccc12.Cl.Cl. The van der Waals surface area contributed by atoms with Crippen molar-refractivity contribution in [2.75, 3.05) is 26.2 Å². The fourth-order valence-corrected chi connectivity index (χ4v) is 4.84. The summed E-state index contributed by atoms with van der Waals surface area (Å²) in [7, 11) is 0. The predicted octanol–water partition coefficient (Wildman–Crippen LogP) is 3.48. The van der Waals surface area contributed by atoms with Crippen LogP contribution in [0.2, 0.25) is 0 Å². The van der Waals surface area contributed by atoms with E-state index in [1.165, 1.54) is 22.2 Å². The number of piperidine rings is 2.